The Morgan fingerprint density at radius 1 is 1.03 bits per heavy atom. The molecule has 0 unspecified atom stereocenters. The highest BCUT2D eigenvalue weighted by Gasteiger charge is 2.39. The monoisotopic (exact) mass is 440 g/mol. The molecule has 0 amide bonds. The fourth-order valence-electron chi connectivity index (χ4n) is 5.44. The van der Waals surface area contributed by atoms with E-state index in [0.717, 1.165) is 41.7 Å². The van der Waals surface area contributed by atoms with Crippen LogP contribution in [0.25, 0.3) is 11.6 Å². The van der Waals surface area contributed by atoms with Gasteiger partial charge in [0, 0.05) is 24.9 Å². The van der Waals surface area contributed by atoms with Gasteiger partial charge in [-0.2, -0.15) is 4.98 Å². The van der Waals surface area contributed by atoms with Crippen LogP contribution < -0.4 is 4.90 Å². The molecule has 4 aromatic rings. The number of rotatable bonds is 5. The van der Waals surface area contributed by atoms with E-state index in [1.54, 1.807) is 6.33 Å². The minimum absolute atomic E-state index is 0.164. The lowest BCUT2D eigenvalue weighted by atomic mass is 10.0. The molecule has 0 radical (unpaired) electrons. The van der Waals surface area contributed by atoms with Crippen LogP contribution in [0.2, 0.25) is 0 Å². The summed E-state index contributed by atoms with van der Waals surface area (Å²) in [5, 5.41) is 8.76. The molecule has 4 heterocycles. The van der Waals surface area contributed by atoms with E-state index >= 15 is 0 Å². The molecule has 8 heteroatoms. The predicted octanol–water partition coefficient (Wildman–Crippen LogP) is 4.36. The van der Waals surface area contributed by atoms with E-state index in [-0.39, 0.29) is 6.04 Å². The summed E-state index contributed by atoms with van der Waals surface area (Å²) >= 11 is 0. The van der Waals surface area contributed by atoms with E-state index < -0.39 is 0 Å². The molecule has 0 N–H and O–H groups in total. The zero-order valence-corrected chi connectivity index (χ0v) is 19.1. The maximum Gasteiger partial charge on any atom is 0.237 e. The van der Waals surface area contributed by atoms with Gasteiger partial charge in [0.25, 0.3) is 0 Å². The number of hydrogen-bond acceptors (Lipinski definition) is 6. The Morgan fingerprint density at radius 2 is 1.85 bits per heavy atom. The summed E-state index contributed by atoms with van der Waals surface area (Å²) in [5.41, 5.74) is 3.14. The summed E-state index contributed by atoms with van der Waals surface area (Å²) in [7, 11) is 0. The number of aromatic nitrogens is 7. The number of anilines is 1. The SMILES string of the molecule is CC[C@@H]1c2nncn2-c2c(C)nc(-n3ccnc3Cc3ccccc3)nc2N1C1CCCC1. The second-order valence-electron chi connectivity index (χ2n) is 8.99. The summed E-state index contributed by atoms with van der Waals surface area (Å²) in [6, 6.07) is 11.0. The van der Waals surface area contributed by atoms with Gasteiger partial charge >= 0.3 is 0 Å². The van der Waals surface area contributed by atoms with Crippen molar-refractivity contribution in [3.05, 3.63) is 72.0 Å². The molecule has 168 valence electrons. The molecule has 8 nitrogen and oxygen atoms in total. The molecule has 1 aliphatic carbocycles. The number of nitrogens with zero attached hydrogens (tertiary/aromatic N) is 8. The standard InChI is InChI=1S/C25H28N8/c1-3-20-23-30-27-16-32(23)22-17(2)28-25(29-24(22)33(20)19-11-7-8-12-19)31-14-13-26-21(31)15-18-9-5-4-6-10-18/h4-6,9-10,13-14,16,19-20H,3,7-8,11-12,15H2,1-2H3/t20-/m1/s1. The van der Waals surface area contributed by atoms with Crippen molar-refractivity contribution in [3.63, 3.8) is 0 Å². The Hall–Kier alpha value is -3.55. The minimum atomic E-state index is 0.164. The minimum Gasteiger partial charge on any atom is -0.341 e. The van der Waals surface area contributed by atoms with Gasteiger partial charge in [0.15, 0.2) is 11.6 Å². The van der Waals surface area contributed by atoms with Crippen molar-refractivity contribution in [2.45, 2.75) is 64.5 Å². The molecule has 3 aromatic heterocycles. The van der Waals surface area contributed by atoms with Crippen LogP contribution in [-0.4, -0.2) is 40.3 Å². The van der Waals surface area contributed by atoms with Gasteiger partial charge < -0.3 is 4.90 Å². The maximum atomic E-state index is 5.18. The van der Waals surface area contributed by atoms with Gasteiger partial charge in [0.05, 0.1) is 11.7 Å². The van der Waals surface area contributed by atoms with Crippen molar-refractivity contribution in [2.75, 3.05) is 4.90 Å². The predicted molar refractivity (Wildman–Crippen MR) is 126 cm³/mol. The number of aryl methyl sites for hydroxylation is 1. The summed E-state index contributed by atoms with van der Waals surface area (Å²) in [6.45, 7) is 4.28. The number of fused-ring (bicyclic) bond motifs is 3. The molecule has 1 atom stereocenters. The first-order chi connectivity index (χ1) is 16.2. The molecule has 0 bridgehead atoms. The molecular weight excluding hydrogens is 412 g/mol. The van der Waals surface area contributed by atoms with Crippen LogP contribution in [0.4, 0.5) is 5.82 Å². The zero-order valence-electron chi connectivity index (χ0n) is 19.1. The molecule has 2 aliphatic rings. The van der Waals surface area contributed by atoms with Gasteiger partial charge in [0.2, 0.25) is 5.95 Å². The average Bonchev–Trinajstić information content (AvgIpc) is 3.60. The first-order valence-electron chi connectivity index (χ1n) is 11.9. The van der Waals surface area contributed by atoms with Gasteiger partial charge in [-0.3, -0.25) is 9.13 Å². The van der Waals surface area contributed by atoms with E-state index in [1.165, 1.54) is 31.2 Å². The Morgan fingerprint density at radius 3 is 2.64 bits per heavy atom. The molecular formula is C25H28N8. The van der Waals surface area contributed by atoms with Gasteiger partial charge in [-0.05, 0) is 31.7 Å². The van der Waals surface area contributed by atoms with E-state index in [4.69, 9.17) is 9.97 Å². The zero-order chi connectivity index (χ0) is 22.4. The quantitative estimate of drug-likeness (QED) is 0.459. The second-order valence-corrected chi connectivity index (χ2v) is 8.99. The van der Waals surface area contributed by atoms with Gasteiger partial charge in [0.1, 0.15) is 17.8 Å². The summed E-state index contributed by atoms with van der Waals surface area (Å²) in [4.78, 5) is 17.3. The summed E-state index contributed by atoms with van der Waals surface area (Å²) < 4.78 is 4.11. The Labute approximate surface area is 193 Å². The van der Waals surface area contributed by atoms with E-state index in [2.05, 4.69) is 62.8 Å². The number of benzene rings is 1. The van der Waals surface area contributed by atoms with Crippen molar-refractivity contribution < 1.29 is 0 Å². The Kier molecular flexibility index (Phi) is 4.93. The molecule has 1 fully saturated rings. The fraction of sp³-hybridized carbons (Fsp3) is 0.400. The van der Waals surface area contributed by atoms with Crippen LogP contribution in [-0.2, 0) is 6.42 Å². The molecule has 6 rings (SSSR count). The molecule has 0 saturated heterocycles. The normalized spacial score (nSPS) is 17.9. The first-order valence-corrected chi connectivity index (χ1v) is 11.9. The largest absolute Gasteiger partial charge is 0.341 e. The number of hydrogen-bond donors (Lipinski definition) is 0. The highest BCUT2D eigenvalue weighted by Crippen LogP contribution is 2.43. The summed E-state index contributed by atoms with van der Waals surface area (Å²) in [5.74, 6) is 3.58. The second kappa shape index (κ2) is 8.10. The Bertz CT molecular complexity index is 1270. The lowest BCUT2D eigenvalue weighted by Crippen LogP contribution is -2.42. The highest BCUT2D eigenvalue weighted by molar-refractivity contribution is 5.65. The van der Waals surface area contributed by atoms with Crippen LogP contribution in [0.5, 0.6) is 0 Å². The van der Waals surface area contributed by atoms with Crippen molar-refractivity contribution in [2.24, 2.45) is 0 Å². The average molecular weight is 441 g/mol. The summed E-state index contributed by atoms with van der Waals surface area (Å²) in [6.07, 6.45) is 12.2. The number of imidazole rings is 1. The van der Waals surface area contributed by atoms with Crippen molar-refractivity contribution in [1.29, 1.82) is 0 Å². The molecule has 33 heavy (non-hydrogen) atoms. The third kappa shape index (κ3) is 3.32. The van der Waals surface area contributed by atoms with Crippen LogP contribution in [0.15, 0.2) is 49.1 Å². The van der Waals surface area contributed by atoms with Crippen molar-refractivity contribution in [1.82, 2.24) is 34.3 Å². The van der Waals surface area contributed by atoms with Crippen molar-refractivity contribution >= 4 is 5.82 Å². The maximum absolute atomic E-state index is 5.18. The van der Waals surface area contributed by atoms with E-state index in [0.29, 0.717) is 12.0 Å². The third-order valence-corrected chi connectivity index (χ3v) is 6.96. The van der Waals surface area contributed by atoms with Crippen LogP contribution in [0.1, 0.15) is 68.0 Å². The fourth-order valence-corrected chi connectivity index (χ4v) is 5.44. The lowest BCUT2D eigenvalue weighted by molar-refractivity contribution is 0.467. The van der Waals surface area contributed by atoms with Crippen molar-refractivity contribution in [3.8, 4) is 11.6 Å². The van der Waals surface area contributed by atoms with E-state index in [9.17, 15) is 0 Å². The Balaban J connectivity index is 1.49. The van der Waals surface area contributed by atoms with Gasteiger partial charge in [-0.15, -0.1) is 10.2 Å². The molecule has 0 spiro atoms. The smallest absolute Gasteiger partial charge is 0.237 e. The molecule has 1 saturated carbocycles. The van der Waals surface area contributed by atoms with Crippen LogP contribution in [0.3, 0.4) is 0 Å². The third-order valence-electron chi connectivity index (χ3n) is 6.96. The van der Waals surface area contributed by atoms with Crippen LogP contribution in [0, 0.1) is 6.92 Å². The van der Waals surface area contributed by atoms with Gasteiger partial charge in [-0.1, -0.05) is 50.1 Å². The first kappa shape index (κ1) is 20.1. The molecule has 1 aliphatic heterocycles. The van der Waals surface area contributed by atoms with Crippen LogP contribution >= 0.6 is 0 Å². The lowest BCUT2D eigenvalue weighted by Gasteiger charge is -2.41. The molecule has 1 aromatic carbocycles. The topological polar surface area (TPSA) is 77.5 Å². The highest BCUT2D eigenvalue weighted by atomic mass is 15.4. The van der Waals surface area contributed by atoms with Gasteiger partial charge in [-0.25, -0.2) is 9.97 Å². The van der Waals surface area contributed by atoms with E-state index in [1.807, 2.05) is 23.0 Å².